The van der Waals surface area contributed by atoms with Crippen LogP contribution in [0.3, 0.4) is 0 Å². The SMILES string of the molecule is [B]c1c([B])c([B])c(-c2nc(-c3ccc4ccc5c(c4c3)C(=N)C(=N)C=C5)nc(-c3ccccc3-c3ccccc3)n2)c([B])c1[B]. The van der Waals surface area contributed by atoms with E-state index in [1.807, 2.05) is 91.0 Å². The molecule has 198 valence electrons. The van der Waals surface area contributed by atoms with Gasteiger partial charge in [0.2, 0.25) is 0 Å². The molecule has 0 amide bonds. The van der Waals surface area contributed by atoms with Crippen molar-refractivity contribution in [3.05, 3.63) is 102 Å². The molecule has 2 N–H and O–H groups in total. The van der Waals surface area contributed by atoms with E-state index in [1.54, 1.807) is 6.08 Å². The van der Waals surface area contributed by atoms with Gasteiger partial charge in [0, 0.05) is 22.3 Å². The maximum absolute atomic E-state index is 8.66. The molecule has 0 atom stereocenters. The Balaban J connectivity index is 1.52. The van der Waals surface area contributed by atoms with Crippen LogP contribution >= 0.6 is 0 Å². The normalized spacial score (nSPS) is 12.4. The van der Waals surface area contributed by atoms with E-state index in [-0.39, 0.29) is 50.1 Å². The number of hydrogen-bond donors (Lipinski definition) is 2. The quantitative estimate of drug-likeness (QED) is 0.323. The van der Waals surface area contributed by atoms with Crippen molar-refractivity contribution >= 4 is 94.8 Å². The highest BCUT2D eigenvalue weighted by molar-refractivity contribution is 6.68. The average molecular weight is 563 g/mol. The fourth-order valence-electron chi connectivity index (χ4n) is 5.66. The predicted octanol–water partition coefficient (Wildman–Crippen LogP) is 2.08. The summed E-state index contributed by atoms with van der Waals surface area (Å²) >= 11 is 0. The Hall–Kier alpha value is -5.23. The van der Waals surface area contributed by atoms with Gasteiger partial charge < -0.3 is 0 Å². The van der Waals surface area contributed by atoms with Gasteiger partial charge in [0.05, 0.1) is 11.4 Å². The summed E-state index contributed by atoms with van der Waals surface area (Å²) in [6, 6.07) is 27.5. The molecular weight excluding hydrogens is 544 g/mol. The second kappa shape index (κ2) is 11.0. The van der Waals surface area contributed by atoms with Gasteiger partial charge in [-0.2, -0.15) is 0 Å². The average Bonchev–Trinajstić information content (AvgIpc) is 3.08. The number of fused-ring (bicyclic) bond motifs is 3. The number of aromatic nitrogens is 3. The molecule has 0 bridgehead atoms. The van der Waals surface area contributed by atoms with E-state index in [4.69, 9.17) is 65.0 Å². The molecular formula is C35H18B5N5. The van der Waals surface area contributed by atoms with Gasteiger partial charge in [-0.1, -0.05) is 95.9 Å². The number of allylic oxidation sites excluding steroid dienone is 1. The van der Waals surface area contributed by atoms with Crippen LogP contribution in [0, 0.1) is 10.8 Å². The van der Waals surface area contributed by atoms with Crippen LogP contribution < -0.4 is 27.3 Å². The standard InChI is InChI=1S/C35H18B5N5/c36-27-26(28(37)30(39)31(40)29(27)38)35-44-33(43-34(45-35)22-9-5-4-8-21(22)17-6-2-1-3-7-17)20-13-11-18-10-12-19-14-15-24(41)32(42)25(19)23(18)16-20/h1-16,41-42H. The monoisotopic (exact) mass is 563 g/mol. The van der Waals surface area contributed by atoms with Crippen LogP contribution in [0.5, 0.6) is 0 Å². The summed E-state index contributed by atoms with van der Waals surface area (Å²) in [5.41, 5.74) is 5.96. The number of nitrogens with zero attached hydrogens (tertiary/aromatic N) is 3. The molecule has 6 aromatic rings. The maximum atomic E-state index is 8.66. The van der Waals surface area contributed by atoms with Gasteiger partial charge in [-0.05, 0) is 39.6 Å². The molecule has 0 spiro atoms. The van der Waals surface area contributed by atoms with Gasteiger partial charge in [0.15, 0.2) is 17.5 Å². The van der Waals surface area contributed by atoms with Crippen molar-refractivity contribution in [1.29, 1.82) is 10.8 Å². The lowest BCUT2D eigenvalue weighted by atomic mass is 9.60. The van der Waals surface area contributed by atoms with E-state index in [9.17, 15) is 0 Å². The summed E-state index contributed by atoms with van der Waals surface area (Å²) in [5.74, 6) is 0.909. The van der Waals surface area contributed by atoms with Gasteiger partial charge in [-0.3, -0.25) is 10.8 Å². The number of rotatable bonds is 4. The Morgan fingerprint density at radius 1 is 0.489 bits per heavy atom. The first-order valence-electron chi connectivity index (χ1n) is 14.1. The second-order valence-corrected chi connectivity index (χ2v) is 10.7. The molecule has 45 heavy (non-hydrogen) atoms. The Kier molecular flexibility index (Phi) is 7.01. The van der Waals surface area contributed by atoms with Gasteiger partial charge in [0.1, 0.15) is 39.2 Å². The molecule has 0 unspecified atom stereocenters. The fraction of sp³-hybridized carbons (Fsp3) is 0. The zero-order valence-electron chi connectivity index (χ0n) is 24.0. The third-order valence-electron chi connectivity index (χ3n) is 8.07. The van der Waals surface area contributed by atoms with E-state index in [1.165, 1.54) is 0 Å². The lowest BCUT2D eigenvalue weighted by Crippen LogP contribution is -2.55. The Morgan fingerprint density at radius 2 is 1.09 bits per heavy atom. The Labute approximate surface area is 267 Å². The Morgan fingerprint density at radius 3 is 1.82 bits per heavy atom. The lowest BCUT2D eigenvalue weighted by Gasteiger charge is -2.21. The van der Waals surface area contributed by atoms with Gasteiger partial charge in [0.25, 0.3) is 0 Å². The lowest BCUT2D eigenvalue weighted by molar-refractivity contribution is 1.08. The van der Waals surface area contributed by atoms with Crippen LogP contribution in [-0.4, -0.2) is 65.6 Å². The molecule has 1 aromatic heterocycles. The summed E-state index contributed by atoms with van der Waals surface area (Å²) < 4.78 is 0. The third kappa shape index (κ3) is 4.78. The van der Waals surface area contributed by atoms with Crippen LogP contribution in [-0.2, 0) is 0 Å². The van der Waals surface area contributed by atoms with E-state index in [0.717, 1.165) is 33.0 Å². The first kappa shape index (κ1) is 28.5. The molecule has 0 aliphatic heterocycles. The zero-order chi connectivity index (χ0) is 31.4. The highest BCUT2D eigenvalue weighted by Gasteiger charge is 2.21. The molecule has 1 aliphatic rings. The smallest absolute Gasteiger partial charge is 0.164 e. The molecule has 5 nitrogen and oxygen atoms in total. The minimum absolute atomic E-state index is 0.0937. The first-order valence-corrected chi connectivity index (χ1v) is 14.1. The van der Waals surface area contributed by atoms with Crippen LogP contribution in [0.15, 0.2) is 91.0 Å². The molecule has 1 aliphatic carbocycles. The van der Waals surface area contributed by atoms with Crippen LogP contribution in [0.4, 0.5) is 0 Å². The van der Waals surface area contributed by atoms with E-state index >= 15 is 0 Å². The van der Waals surface area contributed by atoms with E-state index in [2.05, 4.69) is 0 Å². The molecule has 0 saturated carbocycles. The van der Waals surface area contributed by atoms with Crippen LogP contribution in [0.1, 0.15) is 11.1 Å². The minimum atomic E-state index is 0.0937. The van der Waals surface area contributed by atoms with Crippen molar-refractivity contribution in [3.8, 4) is 45.3 Å². The van der Waals surface area contributed by atoms with Crippen LogP contribution in [0.2, 0.25) is 0 Å². The highest BCUT2D eigenvalue weighted by Crippen LogP contribution is 2.34. The number of benzene rings is 5. The van der Waals surface area contributed by atoms with Gasteiger partial charge in [-0.25, -0.2) is 15.0 Å². The molecule has 1 heterocycles. The van der Waals surface area contributed by atoms with Gasteiger partial charge >= 0.3 is 0 Å². The second-order valence-electron chi connectivity index (χ2n) is 10.7. The number of hydrogen-bond acceptors (Lipinski definition) is 5. The molecule has 0 fully saturated rings. The fourth-order valence-corrected chi connectivity index (χ4v) is 5.66. The molecule has 0 saturated heterocycles. The summed E-state index contributed by atoms with van der Waals surface area (Å²) in [7, 11) is 31.5. The van der Waals surface area contributed by atoms with Crippen LogP contribution in [0.25, 0.3) is 62.1 Å². The summed E-state index contributed by atoms with van der Waals surface area (Å²) in [4.78, 5) is 14.7. The van der Waals surface area contributed by atoms with E-state index < -0.39 is 0 Å². The topological polar surface area (TPSA) is 86.4 Å². The molecule has 7 rings (SSSR count). The summed E-state index contributed by atoms with van der Waals surface area (Å²) in [6.07, 6.45) is 3.48. The first-order chi connectivity index (χ1) is 21.7. The molecule has 5 aromatic carbocycles. The third-order valence-corrected chi connectivity index (χ3v) is 8.07. The Bertz CT molecular complexity index is 2240. The molecule has 10 radical (unpaired) electrons. The maximum Gasteiger partial charge on any atom is 0.164 e. The van der Waals surface area contributed by atoms with Crippen molar-refractivity contribution in [2.75, 3.05) is 0 Å². The summed E-state index contributed by atoms with van der Waals surface area (Å²) in [6.45, 7) is 0. The van der Waals surface area contributed by atoms with Gasteiger partial charge in [-0.15, -0.1) is 16.4 Å². The summed E-state index contributed by atoms with van der Waals surface area (Å²) in [5, 5.41) is 18.6. The predicted molar refractivity (Wildman–Crippen MR) is 190 cm³/mol. The van der Waals surface area contributed by atoms with Crippen molar-refractivity contribution in [3.63, 3.8) is 0 Å². The largest absolute Gasteiger partial charge is 0.299 e. The van der Waals surface area contributed by atoms with Crippen molar-refractivity contribution < 1.29 is 0 Å². The van der Waals surface area contributed by atoms with Crippen molar-refractivity contribution in [2.45, 2.75) is 0 Å². The van der Waals surface area contributed by atoms with Crippen molar-refractivity contribution in [1.82, 2.24) is 15.0 Å². The van der Waals surface area contributed by atoms with E-state index in [0.29, 0.717) is 22.8 Å². The number of nitrogens with one attached hydrogen (secondary N) is 2. The zero-order valence-corrected chi connectivity index (χ0v) is 24.0. The van der Waals surface area contributed by atoms with Crippen molar-refractivity contribution in [2.24, 2.45) is 0 Å². The minimum Gasteiger partial charge on any atom is -0.299 e. The molecule has 10 heteroatoms. The highest BCUT2D eigenvalue weighted by atomic mass is 15.0.